The van der Waals surface area contributed by atoms with E-state index < -0.39 is 0 Å². The maximum absolute atomic E-state index is 12.4. The summed E-state index contributed by atoms with van der Waals surface area (Å²) in [5, 5.41) is 4.00. The van der Waals surface area contributed by atoms with Gasteiger partial charge in [-0.05, 0) is 18.8 Å². The topological polar surface area (TPSA) is 55.6 Å². The third kappa shape index (κ3) is 2.03. The molecule has 1 amide bonds. The Morgan fingerprint density at radius 2 is 2.17 bits per heavy atom. The maximum Gasteiger partial charge on any atom is 0.276 e. The van der Waals surface area contributed by atoms with Crippen LogP contribution in [-0.4, -0.2) is 42.3 Å². The van der Waals surface area contributed by atoms with Crippen LogP contribution in [0.1, 0.15) is 35.2 Å². The molecule has 0 saturated carbocycles. The van der Waals surface area contributed by atoms with Gasteiger partial charge in [-0.1, -0.05) is 12.1 Å². The van der Waals surface area contributed by atoms with Crippen LogP contribution in [-0.2, 0) is 17.6 Å². The molecule has 3 rings (SSSR count). The third-order valence-electron chi connectivity index (χ3n) is 3.79. The van der Waals surface area contributed by atoms with Crippen molar-refractivity contribution in [3.63, 3.8) is 0 Å². The zero-order valence-corrected chi connectivity index (χ0v) is 10.6. The molecule has 1 aliphatic carbocycles. The highest BCUT2D eigenvalue weighted by Gasteiger charge is 2.29. The maximum atomic E-state index is 12.4. The van der Waals surface area contributed by atoms with Gasteiger partial charge in [0.1, 0.15) is 5.76 Å². The standard InChI is InChI=1S/C13H18N2O3/c1-9-2-3-11-10(8-9)12(14-18-11)13(16)15-4-6-17-7-5-15/h9H,2-8H2,1H3. The van der Waals surface area contributed by atoms with E-state index in [0.29, 0.717) is 37.9 Å². The van der Waals surface area contributed by atoms with E-state index >= 15 is 0 Å². The van der Waals surface area contributed by atoms with Gasteiger partial charge >= 0.3 is 0 Å². The largest absolute Gasteiger partial charge is 0.378 e. The molecule has 18 heavy (non-hydrogen) atoms. The van der Waals surface area contributed by atoms with E-state index in [1.807, 2.05) is 0 Å². The molecular formula is C13H18N2O3. The molecule has 0 bridgehead atoms. The van der Waals surface area contributed by atoms with E-state index in [0.717, 1.165) is 30.6 Å². The van der Waals surface area contributed by atoms with Crippen molar-refractivity contribution in [3.8, 4) is 0 Å². The number of aromatic nitrogens is 1. The fraction of sp³-hybridized carbons (Fsp3) is 0.692. The molecule has 98 valence electrons. The van der Waals surface area contributed by atoms with E-state index in [4.69, 9.17) is 9.26 Å². The number of ether oxygens (including phenoxy) is 1. The van der Waals surface area contributed by atoms with Crippen LogP contribution in [0.2, 0.25) is 0 Å². The van der Waals surface area contributed by atoms with Crippen LogP contribution in [0.4, 0.5) is 0 Å². The van der Waals surface area contributed by atoms with Crippen molar-refractivity contribution in [2.75, 3.05) is 26.3 Å². The molecule has 0 spiro atoms. The molecule has 1 aromatic rings. The number of hydrogen-bond donors (Lipinski definition) is 0. The van der Waals surface area contributed by atoms with Gasteiger partial charge in [0.2, 0.25) is 0 Å². The van der Waals surface area contributed by atoms with Crippen molar-refractivity contribution >= 4 is 5.91 Å². The summed E-state index contributed by atoms with van der Waals surface area (Å²) in [5.41, 5.74) is 1.56. The third-order valence-corrected chi connectivity index (χ3v) is 3.79. The molecule has 1 unspecified atom stereocenters. The van der Waals surface area contributed by atoms with Gasteiger partial charge in [-0.15, -0.1) is 0 Å². The van der Waals surface area contributed by atoms with Crippen LogP contribution < -0.4 is 0 Å². The first-order valence-corrected chi connectivity index (χ1v) is 6.60. The van der Waals surface area contributed by atoms with Crippen molar-refractivity contribution in [1.29, 1.82) is 0 Å². The van der Waals surface area contributed by atoms with E-state index in [-0.39, 0.29) is 5.91 Å². The van der Waals surface area contributed by atoms with Gasteiger partial charge in [0.15, 0.2) is 5.69 Å². The molecular weight excluding hydrogens is 232 g/mol. The van der Waals surface area contributed by atoms with Crippen LogP contribution in [0.15, 0.2) is 4.52 Å². The molecule has 2 heterocycles. The molecule has 5 heteroatoms. The summed E-state index contributed by atoms with van der Waals surface area (Å²) in [6.45, 7) is 4.73. The summed E-state index contributed by atoms with van der Waals surface area (Å²) in [6, 6.07) is 0. The van der Waals surface area contributed by atoms with Crippen molar-refractivity contribution in [2.24, 2.45) is 5.92 Å². The van der Waals surface area contributed by atoms with E-state index in [9.17, 15) is 4.79 Å². The number of fused-ring (bicyclic) bond motifs is 1. The van der Waals surface area contributed by atoms with Crippen LogP contribution in [0.3, 0.4) is 0 Å². The molecule has 0 N–H and O–H groups in total. The number of hydrogen-bond acceptors (Lipinski definition) is 4. The molecule has 1 atom stereocenters. The second kappa shape index (κ2) is 4.72. The fourth-order valence-corrected chi connectivity index (χ4v) is 2.66. The summed E-state index contributed by atoms with van der Waals surface area (Å²) in [6.07, 6.45) is 2.93. The molecule has 0 aromatic carbocycles. The average Bonchev–Trinajstić information content (AvgIpc) is 2.82. The second-order valence-corrected chi connectivity index (χ2v) is 5.19. The Kier molecular flexibility index (Phi) is 3.07. The Morgan fingerprint density at radius 1 is 1.39 bits per heavy atom. The predicted molar refractivity (Wildman–Crippen MR) is 64.4 cm³/mol. The number of amides is 1. The van der Waals surface area contributed by atoms with Crippen LogP contribution >= 0.6 is 0 Å². The lowest BCUT2D eigenvalue weighted by atomic mass is 9.88. The first-order chi connectivity index (χ1) is 8.75. The lowest BCUT2D eigenvalue weighted by molar-refractivity contribution is 0.0295. The van der Waals surface area contributed by atoms with E-state index in [1.54, 1.807) is 4.90 Å². The minimum absolute atomic E-state index is 0.00241. The average molecular weight is 250 g/mol. The number of morpholine rings is 1. The number of aryl methyl sites for hydroxylation is 1. The van der Waals surface area contributed by atoms with Crippen molar-refractivity contribution in [3.05, 3.63) is 17.0 Å². The van der Waals surface area contributed by atoms with E-state index in [1.165, 1.54) is 0 Å². The zero-order valence-electron chi connectivity index (χ0n) is 10.6. The highest BCUT2D eigenvalue weighted by Crippen LogP contribution is 2.28. The summed E-state index contributed by atoms with van der Waals surface area (Å²) in [5.74, 6) is 1.51. The molecule has 2 aliphatic rings. The van der Waals surface area contributed by atoms with Gasteiger partial charge in [0, 0.05) is 25.1 Å². The van der Waals surface area contributed by atoms with Gasteiger partial charge < -0.3 is 14.2 Å². The van der Waals surface area contributed by atoms with Crippen molar-refractivity contribution in [2.45, 2.75) is 26.2 Å². The summed E-state index contributed by atoms with van der Waals surface area (Å²) >= 11 is 0. The molecule has 1 aliphatic heterocycles. The summed E-state index contributed by atoms with van der Waals surface area (Å²) in [4.78, 5) is 14.2. The van der Waals surface area contributed by atoms with Gasteiger partial charge in [-0.2, -0.15) is 0 Å². The van der Waals surface area contributed by atoms with Gasteiger partial charge in [-0.25, -0.2) is 0 Å². The Bertz CT molecular complexity index is 449. The summed E-state index contributed by atoms with van der Waals surface area (Å²) in [7, 11) is 0. The smallest absolute Gasteiger partial charge is 0.276 e. The normalized spacial score (nSPS) is 23.8. The molecule has 0 radical (unpaired) electrons. The van der Waals surface area contributed by atoms with E-state index in [2.05, 4.69) is 12.1 Å². The first-order valence-electron chi connectivity index (χ1n) is 6.60. The summed E-state index contributed by atoms with van der Waals surface area (Å²) < 4.78 is 10.6. The lowest BCUT2D eigenvalue weighted by Gasteiger charge is -2.26. The molecule has 1 saturated heterocycles. The highest BCUT2D eigenvalue weighted by atomic mass is 16.5. The van der Waals surface area contributed by atoms with Gasteiger partial charge in [-0.3, -0.25) is 4.79 Å². The Labute approximate surface area is 106 Å². The Balaban J connectivity index is 1.83. The number of carbonyl (C=O) groups is 1. The number of carbonyl (C=O) groups excluding carboxylic acids is 1. The molecule has 1 aromatic heterocycles. The highest BCUT2D eigenvalue weighted by molar-refractivity contribution is 5.94. The number of rotatable bonds is 1. The fourth-order valence-electron chi connectivity index (χ4n) is 2.66. The monoisotopic (exact) mass is 250 g/mol. The Hall–Kier alpha value is -1.36. The SMILES string of the molecule is CC1CCc2onc(C(=O)N3CCOCC3)c2C1. The zero-order chi connectivity index (χ0) is 12.5. The number of nitrogens with zero attached hydrogens (tertiary/aromatic N) is 2. The molecule has 5 nitrogen and oxygen atoms in total. The van der Waals surface area contributed by atoms with Gasteiger partial charge in [0.05, 0.1) is 13.2 Å². The lowest BCUT2D eigenvalue weighted by Crippen LogP contribution is -2.41. The minimum atomic E-state index is -0.00241. The van der Waals surface area contributed by atoms with Crippen molar-refractivity contribution in [1.82, 2.24) is 10.1 Å². The van der Waals surface area contributed by atoms with Gasteiger partial charge in [0.25, 0.3) is 5.91 Å². The first kappa shape index (κ1) is 11.7. The second-order valence-electron chi connectivity index (χ2n) is 5.19. The van der Waals surface area contributed by atoms with Crippen LogP contribution in [0.25, 0.3) is 0 Å². The molecule has 1 fully saturated rings. The predicted octanol–water partition coefficient (Wildman–Crippen LogP) is 1.27. The van der Waals surface area contributed by atoms with Crippen LogP contribution in [0, 0.1) is 5.92 Å². The van der Waals surface area contributed by atoms with Crippen LogP contribution in [0.5, 0.6) is 0 Å². The quantitative estimate of drug-likeness (QED) is 0.753. The van der Waals surface area contributed by atoms with Crippen molar-refractivity contribution < 1.29 is 14.1 Å². The minimum Gasteiger partial charge on any atom is -0.378 e. The Morgan fingerprint density at radius 3 is 2.94 bits per heavy atom.